The highest BCUT2D eigenvalue weighted by Crippen LogP contribution is 2.34. The van der Waals surface area contributed by atoms with Crippen molar-refractivity contribution in [2.45, 2.75) is 23.9 Å². The molecule has 2 N–H and O–H groups in total. The molecule has 18 heavy (non-hydrogen) atoms. The molecular weight excluding hydrogens is 244 g/mol. The van der Waals surface area contributed by atoms with Gasteiger partial charge in [-0.15, -0.1) is 0 Å². The van der Waals surface area contributed by atoms with Gasteiger partial charge in [0.1, 0.15) is 0 Å². The number of piperazine rings is 1. The van der Waals surface area contributed by atoms with Crippen LogP contribution in [0.15, 0.2) is 0 Å². The molecule has 3 saturated heterocycles. The number of hydrogen-bond acceptors (Lipinski definition) is 6. The highest BCUT2D eigenvalue weighted by atomic mass is 16.5. The summed E-state index contributed by atoms with van der Waals surface area (Å²) in [5.74, 6) is -3.23. The third kappa shape index (κ3) is 1.25. The Hall–Kier alpha value is -2.12. The van der Waals surface area contributed by atoms with E-state index < -0.39 is 34.8 Å². The zero-order chi connectivity index (χ0) is 13.6. The molecule has 0 aromatic carbocycles. The van der Waals surface area contributed by atoms with E-state index in [9.17, 15) is 19.2 Å². The van der Waals surface area contributed by atoms with Crippen molar-refractivity contribution in [1.82, 2.24) is 10.6 Å². The Bertz CT molecular complexity index is 419. The maximum absolute atomic E-state index is 11.9. The first kappa shape index (κ1) is 12.3. The summed E-state index contributed by atoms with van der Waals surface area (Å²) in [5, 5.41) is 4.52. The molecule has 0 aliphatic carbocycles. The van der Waals surface area contributed by atoms with E-state index in [0.717, 1.165) is 14.2 Å². The first-order valence-electron chi connectivity index (χ1n) is 5.25. The Morgan fingerprint density at radius 3 is 1.50 bits per heavy atom. The molecule has 3 aliphatic rings. The van der Waals surface area contributed by atoms with Gasteiger partial charge in [0.2, 0.25) is 11.1 Å². The van der Waals surface area contributed by atoms with Gasteiger partial charge >= 0.3 is 11.9 Å². The third-order valence-electron chi connectivity index (χ3n) is 3.37. The summed E-state index contributed by atoms with van der Waals surface area (Å²) in [5.41, 5.74) is -3.47. The van der Waals surface area contributed by atoms with Crippen LogP contribution in [0, 0.1) is 0 Å². The fourth-order valence-corrected chi connectivity index (χ4v) is 2.28. The molecule has 0 unspecified atom stereocenters. The maximum Gasteiger partial charge on any atom is 0.341 e. The van der Waals surface area contributed by atoms with Crippen LogP contribution in [-0.4, -0.2) is 49.1 Å². The molecule has 98 valence electrons. The van der Waals surface area contributed by atoms with Crippen LogP contribution in [0.4, 0.5) is 0 Å². The van der Waals surface area contributed by atoms with Crippen LogP contribution in [-0.2, 0) is 28.7 Å². The van der Waals surface area contributed by atoms with E-state index in [1.54, 1.807) is 0 Å². The molecule has 8 nitrogen and oxygen atoms in total. The van der Waals surface area contributed by atoms with Crippen LogP contribution in [0.1, 0.15) is 12.8 Å². The quantitative estimate of drug-likeness (QED) is 0.430. The van der Waals surface area contributed by atoms with Crippen LogP contribution < -0.4 is 10.6 Å². The van der Waals surface area contributed by atoms with Gasteiger partial charge in [-0.3, -0.25) is 9.59 Å². The summed E-state index contributed by atoms with van der Waals surface area (Å²) in [6.45, 7) is 0. The van der Waals surface area contributed by atoms with E-state index in [0.29, 0.717) is 0 Å². The number of methoxy groups -OCH3 is 2. The summed E-state index contributed by atoms with van der Waals surface area (Å²) in [6, 6.07) is 0. The van der Waals surface area contributed by atoms with Crippen LogP contribution in [0.2, 0.25) is 0 Å². The normalized spacial score (nSPS) is 33.4. The molecule has 3 aliphatic heterocycles. The van der Waals surface area contributed by atoms with Crippen molar-refractivity contribution in [2.24, 2.45) is 0 Å². The number of carbonyl (C=O) groups excluding carboxylic acids is 4. The number of esters is 2. The van der Waals surface area contributed by atoms with E-state index in [2.05, 4.69) is 20.1 Å². The topological polar surface area (TPSA) is 111 Å². The van der Waals surface area contributed by atoms with Crippen molar-refractivity contribution in [3.05, 3.63) is 0 Å². The minimum absolute atomic E-state index is 0.00759. The number of amides is 2. The standard InChI is InChI=1S/C10H12N2O6/c1-17-7(15)9-3-4-10(6(14)11-9,8(16)18-2)12-5(9)13/h3-4H2,1-2H3,(H,11,14)(H,12,13)/t9-,10-/m0/s1. The minimum atomic E-state index is -1.73. The molecule has 2 bridgehead atoms. The van der Waals surface area contributed by atoms with Gasteiger partial charge in [0.25, 0.3) is 11.8 Å². The van der Waals surface area contributed by atoms with Crippen molar-refractivity contribution >= 4 is 23.8 Å². The molecule has 0 aromatic rings. The van der Waals surface area contributed by atoms with E-state index in [1.165, 1.54) is 0 Å². The second kappa shape index (κ2) is 3.69. The Morgan fingerprint density at radius 2 is 1.28 bits per heavy atom. The molecule has 0 radical (unpaired) electrons. The lowest BCUT2D eigenvalue weighted by Gasteiger charge is -2.48. The first-order chi connectivity index (χ1) is 8.43. The van der Waals surface area contributed by atoms with Gasteiger partial charge in [0.05, 0.1) is 14.2 Å². The number of fused-ring (bicyclic) bond motifs is 3. The molecule has 8 heteroatoms. The smallest absolute Gasteiger partial charge is 0.341 e. The minimum Gasteiger partial charge on any atom is -0.467 e. The van der Waals surface area contributed by atoms with Crippen LogP contribution in [0.3, 0.4) is 0 Å². The van der Waals surface area contributed by atoms with E-state index in [-0.39, 0.29) is 12.8 Å². The van der Waals surface area contributed by atoms with Crippen molar-refractivity contribution in [3.8, 4) is 0 Å². The number of ether oxygens (including phenoxy) is 2. The average molecular weight is 256 g/mol. The zero-order valence-electron chi connectivity index (χ0n) is 9.86. The van der Waals surface area contributed by atoms with Crippen molar-refractivity contribution in [2.75, 3.05) is 14.2 Å². The van der Waals surface area contributed by atoms with Crippen LogP contribution in [0.25, 0.3) is 0 Å². The lowest BCUT2D eigenvalue weighted by atomic mass is 9.73. The summed E-state index contributed by atoms with van der Waals surface area (Å²) in [4.78, 5) is 47.1. The number of piperidine rings is 2. The van der Waals surface area contributed by atoms with E-state index in [4.69, 9.17) is 0 Å². The number of nitrogens with one attached hydrogen (secondary N) is 2. The van der Waals surface area contributed by atoms with Gasteiger partial charge in [-0.2, -0.15) is 0 Å². The largest absolute Gasteiger partial charge is 0.467 e. The second-order valence-corrected chi connectivity index (χ2v) is 4.20. The van der Waals surface area contributed by atoms with Gasteiger partial charge in [0.15, 0.2) is 0 Å². The summed E-state index contributed by atoms with van der Waals surface area (Å²) in [7, 11) is 2.24. The molecule has 3 fully saturated rings. The van der Waals surface area contributed by atoms with E-state index >= 15 is 0 Å². The maximum atomic E-state index is 11.9. The van der Waals surface area contributed by atoms with Gasteiger partial charge in [-0.1, -0.05) is 0 Å². The highest BCUT2D eigenvalue weighted by molar-refractivity contribution is 6.22. The van der Waals surface area contributed by atoms with Gasteiger partial charge in [-0.25, -0.2) is 9.59 Å². The van der Waals surface area contributed by atoms with Crippen molar-refractivity contribution < 1.29 is 28.7 Å². The lowest BCUT2D eigenvalue weighted by Crippen LogP contribution is -2.83. The van der Waals surface area contributed by atoms with Gasteiger partial charge < -0.3 is 20.1 Å². The first-order valence-corrected chi connectivity index (χ1v) is 5.25. The van der Waals surface area contributed by atoms with E-state index in [1.807, 2.05) is 0 Å². The van der Waals surface area contributed by atoms with Crippen LogP contribution in [0.5, 0.6) is 0 Å². The van der Waals surface area contributed by atoms with Gasteiger partial charge in [-0.05, 0) is 12.8 Å². The fourth-order valence-electron chi connectivity index (χ4n) is 2.28. The lowest BCUT2D eigenvalue weighted by molar-refractivity contribution is -0.175. The monoisotopic (exact) mass is 256 g/mol. The predicted octanol–water partition coefficient (Wildman–Crippen LogP) is -2.15. The predicted molar refractivity (Wildman–Crippen MR) is 55.0 cm³/mol. The second-order valence-electron chi connectivity index (χ2n) is 4.20. The molecule has 3 heterocycles. The van der Waals surface area contributed by atoms with Gasteiger partial charge in [0, 0.05) is 0 Å². The molecule has 0 spiro atoms. The number of hydrogen-bond donors (Lipinski definition) is 2. The Balaban J connectivity index is 2.40. The SMILES string of the molecule is COC(=O)[C@]12CC[C@](C(=O)OC)(NC1=O)C(=O)N2. The summed E-state index contributed by atoms with van der Waals surface area (Å²) >= 11 is 0. The van der Waals surface area contributed by atoms with Crippen molar-refractivity contribution in [3.63, 3.8) is 0 Å². The highest BCUT2D eigenvalue weighted by Gasteiger charge is 2.67. The molecule has 0 saturated carbocycles. The zero-order valence-corrected chi connectivity index (χ0v) is 9.86. The Labute approximate surface area is 102 Å². The Morgan fingerprint density at radius 1 is 0.944 bits per heavy atom. The molecule has 2 atom stereocenters. The molecule has 0 aromatic heterocycles. The fraction of sp³-hybridized carbons (Fsp3) is 0.600. The summed E-state index contributed by atoms with van der Waals surface area (Å²) < 4.78 is 9.03. The Kier molecular flexibility index (Phi) is 2.53. The number of carbonyl (C=O) groups is 4. The summed E-state index contributed by atoms with van der Waals surface area (Å²) in [6.07, 6.45) is -0.0152. The molecule has 2 amide bonds. The van der Waals surface area contributed by atoms with Crippen LogP contribution >= 0.6 is 0 Å². The average Bonchev–Trinajstić information content (AvgIpc) is 2.38. The van der Waals surface area contributed by atoms with Crippen molar-refractivity contribution in [1.29, 1.82) is 0 Å². The molecular formula is C10H12N2O6. The molecule has 3 rings (SSSR count). The third-order valence-corrected chi connectivity index (χ3v) is 3.37. The number of rotatable bonds is 2.